The van der Waals surface area contributed by atoms with Gasteiger partial charge in [0, 0.05) is 11.6 Å². The third-order valence-corrected chi connectivity index (χ3v) is 4.15. The first-order valence-electron chi connectivity index (χ1n) is 8.48. The van der Waals surface area contributed by atoms with Gasteiger partial charge in [0.15, 0.2) is 5.75 Å². The first kappa shape index (κ1) is 19.7. The highest BCUT2D eigenvalue weighted by Gasteiger charge is 2.24. The standard InChI is InChI=1S/C19H17N5O5/c1-11-9-16(26)22-23-17(11)12-3-6-14(7-4-12)21-20-10-13-5-8-15(25)19(29-2)18(13)24(27)28/h3-9,25H,10H2,1-2H3,(H,22,26). The second-order valence-corrected chi connectivity index (χ2v) is 6.09. The van der Waals surface area contributed by atoms with Crippen LogP contribution in [0.3, 0.4) is 0 Å². The summed E-state index contributed by atoms with van der Waals surface area (Å²) in [6.45, 7) is 1.74. The van der Waals surface area contributed by atoms with Gasteiger partial charge in [-0.1, -0.05) is 12.1 Å². The zero-order chi connectivity index (χ0) is 21.0. The Kier molecular flexibility index (Phi) is 5.63. The van der Waals surface area contributed by atoms with E-state index in [9.17, 15) is 20.0 Å². The molecule has 2 aromatic carbocycles. The van der Waals surface area contributed by atoms with Crippen LogP contribution in [0.5, 0.6) is 11.5 Å². The molecule has 0 atom stereocenters. The molecular weight excluding hydrogens is 378 g/mol. The first-order valence-corrected chi connectivity index (χ1v) is 8.48. The number of rotatable bonds is 6. The number of nitrogens with zero attached hydrogens (tertiary/aromatic N) is 4. The highest BCUT2D eigenvalue weighted by molar-refractivity contribution is 5.64. The number of benzene rings is 2. The van der Waals surface area contributed by atoms with Gasteiger partial charge in [0.25, 0.3) is 5.56 Å². The highest BCUT2D eigenvalue weighted by Crippen LogP contribution is 2.39. The summed E-state index contributed by atoms with van der Waals surface area (Å²) < 4.78 is 4.92. The van der Waals surface area contributed by atoms with Gasteiger partial charge in [-0.2, -0.15) is 15.3 Å². The topological polar surface area (TPSA) is 143 Å². The number of aryl methyl sites for hydroxylation is 1. The van der Waals surface area contributed by atoms with E-state index >= 15 is 0 Å². The van der Waals surface area contributed by atoms with Crippen LogP contribution in [-0.4, -0.2) is 27.3 Å². The minimum absolute atomic E-state index is 0.0602. The molecule has 0 saturated heterocycles. The lowest BCUT2D eigenvalue weighted by atomic mass is 10.1. The van der Waals surface area contributed by atoms with Gasteiger partial charge in [-0.05, 0) is 36.8 Å². The molecule has 0 unspecified atom stereocenters. The molecule has 0 radical (unpaired) electrons. The second-order valence-electron chi connectivity index (χ2n) is 6.09. The van der Waals surface area contributed by atoms with Gasteiger partial charge >= 0.3 is 5.69 Å². The number of ether oxygens (including phenoxy) is 1. The lowest BCUT2D eigenvalue weighted by molar-refractivity contribution is -0.386. The summed E-state index contributed by atoms with van der Waals surface area (Å²) in [5, 5.41) is 35.6. The fourth-order valence-electron chi connectivity index (χ4n) is 2.80. The molecule has 10 nitrogen and oxygen atoms in total. The maximum atomic E-state index is 11.3. The van der Waals surface area contributed by atoms with Crippen LogP contribution in [0, 0.1) is 17.0 Å². The van der Waals surface area contributed by atoms with E-state index in [-0.39, 0.29) is 34.9 Å². The number of hydrogen-bond acceptors (Lipinski definition) is 8. The van der Waals surface area contributed by atoms with Crippen molar-refractivity contribution < 1.29 is 14.8 Å². The van der Waals surface area contributed by atoms with Crippen LogP contribution < -0.4 is 10.3 Å². The zero-order valence-electron chi connectivity index (χ0n) is 15.6. The summed E-state index contributed by atoms with van der Waals surface area (Å²) in [6.07, 6.45) is 0. The molecule has 0 saturated carbocycles. The maximum absolute atomic E-state index is 11.3. The Balaban J connectivity index is 1.80. The zero-order valence-corrected chi connectivity index (χ0v) is 15.6. The van der Waals surface area contributed by atoms with Crippen molar-refractivity contribution in [3.8, 4) is 22.8 Å². The largest absolute Gasteiger partial charge is 0.504 e. The number of phenolic OH excluding ortho intramolecular Hbond substituents is 1. The summed E-state index contributed by atoms with van der Waals surface area (Å²) in [5.74, 6) is -0.530. The Morgan fingerprint density at radius 2 is 1.97 bits per heavy atom. The minimum Gasteiger partial charge on any atom is -0.504 e. The molecule has 0 amide bonds. The Hall–Kier alpha value is -4.08. The van der Waals surface area contributed by atoms with Crippen LogP contribution in [0.2, 0.25) is 0 Å². The number of nitro benzene ring substituents is 1. The Morgan fingerprint density at radius 3 is 2.59 bits per heavy atom. The summed E-state index contributed by atoms with van der Waals surface area (Å²) in [5.41, 5.74) is 2.40. The molecule has 3 aromatic rings. The third kappa shape index (κ3) is 4.26. The number of aromatic hydroxyl groups is 1. The van der Waals surface area contributed by atoms with Crippen molar-refractivity contribution in [3.63, 3.8) is 0 Å². The van der Waals surface area contributed by atoms with E-state index in [2.05, 4.69) is 20.4 Å². The molecule has 3 rings (SSSR count). The van der Waals surface area contributed by atoms with Crippen LogP contribution >= 0.6 is 0 Å². The van der Waals surface area contributed by atoms with Gasteiger partial charge < -0.3 is 9.84 Å². The van der Waals surface area contributed by atoms with Crippen LogP contribution in [0.15, 0.2) is 57.5 Å². The number of azo groups is 1. The lowest BCUT2D eigenvalue weighted by Gasteiger charge is -2.07. The van der Waals surface area contributed by atoms with E-state index in [0.29, 0.717) is 11.4 Å². The molecule has 1 heterocycles. The molecule has 0 bridgehead atoms. The molecular formula is C19H17N5O5. The van der Waals surface area contributed by atoms with Gasteiger partial charge in [0.1, 0.15) is 0 Å². The Morgan fingerprint density at radius 1 is 1.24 bits per heavy atom. The van der Waals surface area contributed by atoms with Crippen molar-refractivity contribution >= 4 is 11.4 Å². The molecule has 0 aliphatic carbocycles. The fourth-order valence-corrected chi connectivity index (χ4v) is 2.80. The SMILES string of the molecule is COc1c(O)ccc(CN=Nc2ccc(-c3n[nH]c(=O)cc3C)cc2)c1[N+](=O)[O-]. The molecule has 1 aromatic heterocycles. The molecule has 0 fully saturated rings. The second kappa shape index (κ2) is 8.30. The van der Waals surface area contributed by atoms with Crippen molar-refractivity contribution in [1.29, 1.82) is 0 Å². The molecule has 2 N–H and O–H groups in total. The molecule has 10 heteroatoms. The van der Waals surface area contributed by atoms with Gasteiger partial charge in [-0.25, -0.2) is 5.10 Å². The van der Waals surface area contributed by atoms with Gasteiger partial charge in [-0.15, -0.1) is 0 Å². The van der Waals surface area contributed by atoms with Crippen LogP contribution in [0.25, 0.3) is 11.3 Å². The average Bonchev–Trinajstić information content (AvgIpc) is 2.69. The third-order valence-electron chi connectivity index (χ3n) is 4.15. The number of aromatic amines is 1. The number of methoxy groups -OCH3 is 1. The molecule has 29 heavy (non-hydrogen) atoms. The van der Waals surface area contributed by atoms with Gasteiger partial charge in [0.2, 0.25) is 5.75 Å². The number of aromatic nitrogens is 2. The van der Waals surface area contributed by atoms with Crippen molar-refractivity contribution in [1.82, 2.24) is 10.2 Å². The molecule has 148 valence electrons. The molecule has 0 spiro atoms. The first-order chi connectivity index (χ1) is 13.9. The summed E-state index contributed by atoms with van der Waals surface area (Å²) in [4.78, 5) is 22.0. The minimum atomic E-state index is -0.627. The van der Waals surface area contributed by atoms with Crippen LogP contribution in [0.1, 0.15) is 11.1 Å². The lowest BCUT2D eigenvalue weighted by Crippen LogP contribution is -2.08. The Bertz CT molecular complexity index is 1140. The summed E-state index contributed by atoms with van der Waals surface area (Å²) in [7, 11) is 1.24. The monoisotopic (exact) mass is 395 g/mol. The summed E-state index contributed by atoms with van der Waals surface area (Å²) in [6, 6.07) is 11.2. The van der Waals surface area contributed by atoms with Crippen LogP contribution in [0.4, 0.5) is 11.4 Å². The fraction of sp³-hybridized carbons (Fsp3) is 0.158. The quantitative estimate of drug-likeness (QED) is 0.370. The Labute approximate surface area is 164 Å². The molecule has 0 aliphatic rings. The number of phenols is 1. The van der Waals surface area contributed by atoms with Crippen molar-refractivity contribution in [2.24, 2.45) is 10.2 Å². The highest BCUT2D eigenvalue weighted by atomic mass is 16.6. The van der Waals surface area contributed by atoms with E-state index in [1.54, 1.807) is 31.2 Å². The average molecular weight is 395 g/mol. The van der Waals surface area contributed by atoms with E-state index < -0.39 is 4.92 Å². The normalized spacial score (nSPS) is 11.0. The molecule has 0 aliphatic heterocycles. The van der Waals surface area contributed by atoms with Crippen LogP contribution in [-0.2, 0) is 6.54 Å². The van der Waals surface area contributed by atoms with Crippen molar-refractivity contribution in [3.05, 3.63) is 74.1 Å². The number of nitrogens with one attached hydrogen (secondary N) is 1. The predicted molar refractivity (Wildman–Crippen MR) is 105 cm³/mol. The van der Waals surface area contributed by atoms with Gasteiger partial charge in [-0.3, -0.25) is 14.9 Å². The number of nitro groups is 1. The van der Waals surface area contributed by atoms with Gasteiger partial charge in [0.05, 0.1) is 35.5 Å². The van der Waals surface area contributed by atoms with E-state index in [4.69, 9.17) is 4.74 Å². The van der Waals surface area contributed by atoms with E-state index in [1.165, 1.54) is 25.3 Å². The van der Waals surface area contributed by atoms with Crippen molar-refractivity contribution in [2.45, 2.75) is 13.5 Å². The number of H-pyrrole nitrogens is 1. The smallest absolute Gasteiger partial charge is 0.319 e. The number of hydrogen-bond donors (Lipinski definition) is 2. The maximum Gasteiger partial charge on any atom is 0.319 e. The van der Waals surface area contributed by atoms with E-state index in [1.807, 2.05) is 0 Å². The summed E-state index contributed by atoms with van der Waals surface area (Å²) >= 11 is 0. The predicted octanol–water partition coefficient (Wildman–Crippen LogP) is 3.65. The van der Waals surface area contributed by atoms with Crippen molar-refractivity contribution in [2.75, 3.05) is 7.11 Å². The van der Waals surface area contributed by atoms with E-state index in [0.717, 1.165) is 11.1 Å².